The smallest absolute Gasteiger partial charge is 0.338 e. The molecule has 1 heterocycles. The van der Waals surface area contributed by atoms with Crippen molar-refractivity contribution in [2.75, 3.05) is 17.3 Å². The Morgan fingerprint density at radius 1 is 1.14 bits per heavy atom. The summed E-state index contributed by atoms with van der Waals surface area (Å²) in [7, 11) is -4.33. The van der Waals surface area contributed by atoms with Crippen molar-refractivity contribution >= 4 is 21.8 Å². The van der Waals surface area contributed by atoms with Crippen molar-refractivity contribution in [2.45, 2.75) is 25.7 Å². The molecule has 0 aliphatic heterocycles. The second-order valence-electron chi connectivity index (χ2n) is 4.79. The highest BCUT2D eigenvalue weighted by atomic mass is 32.2. The minimum atomic E-state index is -4.33. The third kappa shape index (κ3) is 4.30. The number of nitrogens with two attached hydrogens (primary N) is 3. The maximum Gasteiger partial charge on any atom is 0.338 e. The Bertz CT molecular complexity index is 747. The van der Waals surface area contributed by atoms with Crippen LogP contribution >= 0.6 is 0 Å². The first-order valence-electron chi connectivity index (χ1n) is 6.24. The van der Waals surface area contributed by atoms with Crippen LogP contribution in [0.25, 0.3) is 0 Å². The Kier molecular flexibility index (Phi) is 5.28. The second kappa shape index (κ2) is 6.58. The molecule has 6 N–H and O–H groups in total. The summed E-state index contributed by atoms with van der Waals surface area (Å²) in [5.41, 5.74) is 12.6. The molecule has 0 atom stereocenters. The van der Waals surface area contributed by atoms with Crippen LogP contribution in [0.4, 0.5) is 11.6 Å². The average Bonchev–Trinajstić information content (AvgIpc) is 2.33. The van der Waals surface area contributed by atoms with Gasteiger partial charge in [-0.05, 0) is 31.9 Å². The maximum atomic E-state index is 10.8. The molecule has 0 unspecified atom stereocenters. The number of rotatable bonds is 1. The highest BCUT2D eigenvalue weighted by Crippen LogP contribution is 2.20. The van der Waals surface area contributed by atoms with Gasteiger partial charge in [0, 0.05) is 0 Å². The van der Waals surface area contributed by atoms with Gasteiger partial charge in [-0.15, -0.1) is 4.68 Å². The van der Waals surface area contributed by atoms with Gasteiger partial charge in [-0.3, -0.25) is 11.6 Å². The summed E-state index contributed by atoms with van der Waals surface area (Å²) < 4.78 is 33.7. The lowest BCUT2D eigenvalue weighted by Crippen LogP contribution is -2.47. The molecule has 0 saturated heterocycles. The SMILES string of the molecule is Cc1cc(C)c(S(=O)(=O)[O-])c(C)c1.Nc1ncc[n+](N)c1N. The van der Waals surface area contributed by atoms with E-state index in [2.05, 4.69) is 4.98 Å². The number of anilines is 2. The predicted molar refractivity (Wildman–Crippen MR) is 82.0 cm³/mol. The van der Waals surface area contributed by atoms with Crippen molar-refractivity contribution < 1.29 is 17.6 Å². The third-order valence-corrected chi connectivity index (χ3v) is 3.98. The monoisotopic (exact) mass is 325 g/mol. The third-order valence-electron chi connectivity index (χ3n) is 2.84. The lowest BCUT2D eigenvalue weighted by atomic mass is 10.1. The number of aromatic nitrogens is 2. The summed E-state index contributed by atoms with van der Waals surface area (Å²) in [5, 5.41) is 0. The lowest BCUT2D eigenvalue weighted by Gasteiger charge is -2.14. The molecule has 22 heavy (non-hydrogen) atoms. The van der Waals surface area contributed by atoms with Gasteiger partial charge in [0.25, 0.3) is 0 Å². The van der Waals surface area contributed by atoms with Crippen molar-refractivity contribution in [1.29, 1.82) is 0 Å². The Balaban J connectivity index is 0.000000235. The molecular formula is C13H19N5O3S. The summed E-state index contributed by atoms with van der Waals surface area (Å²) in [6.07, 6.45) is 3.00. The molecule has 0 fully saturated rings. The molecule has 1 aromatic heterocycles. The van der Waals surface area contributed by atoms with E-state index in [1.807, 2.05) is 6.92 Å². The van der Waals surface area contributed by atoms with E-state index in [1.165, 1.54) is 17.1 Å². The van der Waals surface area contributed by atoms with Crippen molar-refractivity contribution in [3.63, 3.8) is 0 Å². The molecule has 120 valence electrons. The average molecular weight is 325 g/mol. The Morgan fingerprint density at radius 2 is 1.64 bits per heavy atom. The van der Waals surface area contributed by atoms with Crippen LogP contribution in [-0.2, 0) is 10.1 Å². The molecule has 0 amide bonds. The van der Waals surface area contributed by atoms with Gasteiger partial charge >= 0.3 is 5.82 Å². The van der Waals surface area contributed by atoms with Gasteiger partial charge in [0.15, 0.2) is 0 Å². The van der Waals surface area contributed by atoms with Crippen molar-refractivity contribution in [2.24, 2.45) is 0 Å². The minimum Gasteiger partial charge on any atom is -0.744 e. The highest BCUT2D eigenvalue weighted by molar-refractivity contribution is 7.85. The van der Waals surface area contributed by atoms with Crippen LogP contribution in [0.1, 0.15) is 16.7 Å². The summed E-state index contributed by atoms with van der Waals surface area (Å²) in [5.74, 6) is 5.82. The second-order valence-corrected chi connectivity index (χ2v) is 6.10. The molecule has 2 aromatic rings. The van der Waals surface area contributed by atoms with Gasteiger partial charge in [0.2, 0.25) is 5.82 Å². The van der Waals surface area contributed by atoms with Crippen LogP contribution in [0.15, 0.2) is 29.4 Å². The minimum absolute atomic E-state index is 0.0851. The van der Waals surface area contributed by atoms with Crippen LogP contribution in [0.2, 0.25) is 0 Å². The summed E-state index contributed by atoms with van der Waals surface area (Å²) in [4.78, 5) is 3.61. The molecule has 0 saturated carbocycles. The number of hydrogen-bond donors (Lipinski definition) is 3. The number of aryl methyl sites for hydroxylation is 3. The van der Waals surface area contributed by atoms with E-state index in [0.29, 0.717) is 11.1 Å². The maximum absolute atomic E-state index is 10.8. The first kappa shape index (κ1) is 17.7. The first-order chi connectivity index (χ1) is 10.0. The molecule has 0 aliphatic rings. The van der Waals surface area contributed by atoms with Crippen LogP contribution in [0.3, 0.4) is 0 Å². The van der Waals surface area contributed by atoms with Crippen LogP contribution in [0, 0.1) is 20.8 Å². The van der Waals surface area contributed by atoms with Gasteiger partial charge in [0.1, 0.15) is 16.3 Å². The normalized spacial score (nSPS) is 10.7. The van der Waals surface area contributed by atoms with Crippen LogP contribution in [0.5, 0.6) is 0 Å². The van der Waals surface area contributed by atoms with Crippen molar-refractivity contribution in [3.8, 4) is 0 Å². The standard InChI is InChI=1S/C9H12O3S.C4H7N5/c1-6-4-7(2)9(8(3)5-6)13(10,11)12;5-3-4(6)9(7)2-1-8-3/h4-5H,1-3H3,(H,10,11,12);1-2,6H,7H2,(H2,5,8). The van der Waals surface area contributed by atoms with Gasteiger partial charge in [-0.2, -0.15) is 0 Å². The first-order valence-corrected chi connectivity index (χ1v) is 7.65. The molecule has 9 heteroatoms. The quantitative estimate of drug-likeness (QED) is 0.372. The molecule has 1 aromatic carbocycles. The molecule has 2 rings (SSSR count). The number of nitrogens with zero attached hydrogens (tertiary/aromatic N) is 2. The zero-order chi connectivity index (χ0) is 17.1. The molecule has 0 aliphatic carbocycles. The predicted octanol–water partition coefficient (Wildman–Crippen LogP) is -0.237. The fourth-order valence-electron chi connectivity index (χ4n) is 2.03. The topological polar surface area (TPSA) is 152 Å². The summed E-state index contributed by atoms with van der Waals surface area (Å²) in [6.45, 7) is 5.12. The van der Waals surface area contributed by atoms with E-state index >= 15 is 0 Å². The number of hydrogen-bond acceptors (Lipinski definition) is 7. The van der Waals surface area contributed by atoms with Gasteiger partial charge in [-0.25, -0.2) is 13.4 Å². The molecule has 8 nitrogen and oxygen atoms in total. The van der Waals surface area contributed by atoms with Crippen LogP contribution in [-0.4, -0.2) is 18.0 Å². The summed E-state index contributed by atoms with van der Waals surface area (Å²) in [6, 6.07) is 3.38. The van der Waals surface area contributed by atoms with Gasteiger partial charge < -0.3 is 10.3 Å². The van der Waals surface area contributed by atoms with Crippen LogP contribution < -0.4 is 22.0 Å². The fourth-order valence-corrected chi connectivity index (χ4v) is 2.93. The van der Waals surface area contributed by atoms with Gasteiger partial charge in [-0.1, -0.05) is 17.7 Å². The zero-order valence-corrected chi connectivity index (χ0v) is 13.4. The summed E-state index contributed by atoms with van der Waals surface area (Å²) >= 11 is 0. The van der Waals surface area contributed by atoms with E-state index in [4.69, 9.17) is 17.3 Å². The van der Waals surface area contributed by atoms with Crippen molar-refractivity contribution in [1.82, 2.24) is 4.98 Å². The van der Waals surface area contributed by atoms with E-state index in [-0.39, 0.29) is 16.5 Å². The number of nitrogen functional groups attached to an aromatic ring is 3. The Labute approximate surface area is 129 Å². The van der Waals surface area contributed by atoms with E-state index in [0.717, 1.165) is 5.56 Å². The van der Waals surface area contributed by atoms with E-state index in [9.17, 15) is 13.0 Å². The molecule has 0 spiro atoms. The largest absolute Gasteiger partial charge is 0.744 e. The zero-order valence-electron chi connectivity index (χ0n) is 12.6. The lowest BCUT2D eigenvalue weighted by molar-refractivity contribution is -0.623. The molecular weight excluding hydrogens is 306 g/mol. The Hall–Kier alpha value is -2.39. The molecule has 0 radical (unpaired) electrons. The van der Waals surface area contributed by atoms with E-state index in [1.54, 1.807) is 26.0 Å². The Morgan fingerprint density at radius 3 is 2.00 bits per heavy atom. The van der Waals surface area contributed by atoms with E-state index < -0.39 is 10.1 Å². The molecule has 0 bridgehead atoms. The highest BCUT2D eigenvalue weighted by Gasteiger charge is 2.09. The van der Waals surface area contributed by atoms with Crippen molar-refractivity contribution in [3.05, 3.63) is 41.2 Å². The van der Waals surface area contributed by atoms with Gasteiger partial charge in [0.05, 0.1) is 11.1 Å². The fraction of sp³-hybridized carbons (Fsp3) is 0.231. The number of benzene rings is 1.